The molecule has 4 amide bonds. The van der Waals surface area contributed by atoms with Crippen LogP contribution in [0.3, 0.4) is 0 Å². The van der Waals surface area contributed by atoms with E-state index in [1.165, 1.54) is 31.2 Å². The van der Waals surface area contributed by atoms with E-state index in [4.69, 9.17) is 16.4 Å². The van der Waals surface area contributed by atoms with Crippen LogP contribution in [-0.2, 0) is 28.8 Å². The molecule has 0 bridgehead atoms. The van der Waals surface area contributed by atoms with Gasteiger partial charge in [-0.1, -0.05) is 95.1 Å². The molecule has 1 aromatic rings. The van der Waals surface area contributed by atoms with E-state index < -0.39 is 52.6 Å². The number of Topliss-reactive ketones (excluding diaryl/α,β-unsaturated/α-hetero) is 1. The lowest BCUT2D eigenvalue weighted by atomic mass is 9.84. The van der Waals surface area contributed by atoms with Crippen LogP contribution >= 0.6 is 11.6 Å². The number of hydrogen-bond acceptors (Lipinski definition) is 7. The molecular weight excluding hydrogens is 634 g/mol. The van der Waals surface area contributed by atoms with Crippen LogP contribution in [0.15, 0.2) is 29.4 Å². The number of amides is 4. The molecule has 4 aliphatic rings. The number of likely N-dealkylation sites (N-methyl/N-ethyl adjacent to an activating group) is 1. The number of hydrogen-bond donors (Lipinski definition) is 3. The fraction of sp³-hybridized carbons (Fsp3) is 0.667. The maximum Gasteiger partial charge on any atom is 0.289 e. The Morgan fingerprint density at radius 3 is 2.46 bits per heavy atom. The highest BCUT2D eigenvalue weighted by Gasteiger charge is 2.56. The van der Waals surface area contributed by atoms with E-state index in [0.29, 0.717) is 35.4 Å². The number of oxime groups is 1. The molecule has 12 heteroatoms. The molecule has 0 aromatic heterocycles. The minimum atomic E-state index is -1.05. The molecular formula is C36H50ClN5O6. The molecule has 3 fully saturated rings. The molecule has 2 aliphatic heterocycles. The minimum absolute atomic E-state index is 0.0515. The SMILES string of the molecule is CCC[C@H](NC(=O)[C@@H]1C[C@]2(CC(c3cccc(Cl)c3)=NO2)CN1C(=O)[C@@H](NC(=O)C1C[C@@H]1C1CCCCC1)C(C)(C)C)C(=O)C(=O)NC. The normalized spacial score (nSPS) is 26.7. The Bertz CT molecular complexity index is 1450. The zero-order valence-electron chi connectivity index (χ0n) is 28.8. The van der Waals surface area contributed by atoms with Crippen LogP contribution in [0.2, 0.25) is 5.02 Å². The van der Waals surface area contributed by atoms with Gasteiger partial charge in [0.2, 0.25) is 23.5 Å². The first-order valence-corrected chi connectivity index (χ1v) is 17.8. The summed E-state index contributed by atoms with van der Waals surface area (Å²) in [4.78, 5) is 74.9. The zero-order valence-corrected chi connectivity index (χ0v) is 29.5. The van der Waals surface area contributed by atoms with Crippen LogP contribution in [0.4, 0.5) is 0 Å². The Morgan fingerprint density at radius 2 is 1.81 bits per heavy atom. The predicted molar refractivity (Wildman–Crippen MR) is 182 cm³/mol. The van der Waals surface area contributed by atoms with Crippen molar-refractivity contribution in [1.29, 1.82) is 0 Å². The summed E-state index contributed by atoms with van der Waals surface area (Å²) in [6.07, 6.45) is 8.06. The Hall–Kier alpha value is -3.47. The van der Waals surface area contributed by atoms with Gasteiger partial charge >= 0.3 is 0 Å². The number of likely N-dealkylation sites (tertiary alicyclic amines) is 1. The molecule has 2 aliphatic carbocycles. The number of nitrogens with one attached hydrogen (secondary N) is 3. The molecule has 262 valence electrons. The lowest BCUT2D eigenvalue weighted by Gasteiger charge is -2.36. The van der Waals surface area contributed by atoms with Gasteiger partial charge in [-0.05, 0) is 42.2 Å². The topological polar surface area (TPSA) is 146 Å². The highest BCUT2D eigenvalue weighted by molar-refractivity contribution is 6.38. The molecule has 6 atom stereocenters. The quantitative estimate of drug-likeness (QED) is 0.299. The molecule has 5 rings (SSSR count). The van der Waals surface area contributed by atoms with Crippen molar-refractivity contribution in [3.63, 3.8) is 0 Å². The van der Waals surface area contributed by atoms with Crippen LogP contribution in [0.5, 0.6) is 0 Å². The van der Waals surface area contributed by atoms with Crippen molar-refractivity contribution in [1.82, 2.24) is 20.9 Å². The van der Waals surface area contributed by atoms with E-state index in [-0.39, 0.29) is 31.2 Å². The maximum absolute atomic E-state index is 14.6. The van der Waals surface area contributed by atoms with Crippen LogP contribution < -0.4 is 16.0 Å². The van der Waals surface area contributed by atoms with E-state index in [9.17, 15) is 24.0 Å². The Labute approximate surface area is 288 Å². The third-order valence-corrected chi connectivity index (χ3v) is 10.7. The third kappa shape index (κ3) is 7.87. The first kappa shape index (κ1) is 35.8. The Balaban J connectivity index is 1.38. The van der Waals surface area contributed by atoms with E-state index in [0.717, 1.165) is 24.8 Å². The highest BCUT2D eigenvalue weighted by Crippen LogP contribution is 2.49. The lowest BCUT2D eigenvalue weighted by molar-refractivity contribution is -0.145. The molecule has 2 saturated carbocycles. The molecule has 1 saturated heterocycles. The van der Waals surface area contributed by atoms with Gasteiger partial charge in [0.1, 0.15) is 12.1 Å². The van der Waals surface area contributed by atoms with Gasteiger partial charge in [-0.15, -0.1) is 0 Å². The lowest BCUT2D eigenvalue weighted by Crippen LogP contribution is -2.59. The van der Waals surface area contributed by atoms with Crippen molar-refractivity contribution in [2.75, 3.05) is 13.6 Å². The summed E-state index contributed by atoms with van der Waals surface area (Å²) in [6.45, 7) is 7.60. The molecule has 0 radical (unpaired) electrons. The zero-order chi connectivity index (χ0) is 34.8. The second-order valence-electron chi connectivity index (χ2n) is 15.2. The molecule has 2 heterocycles. The summed E-state index contributed by atoms with van der Waals surface area (Å²) >= 11 is 6.24. The number of rotatable bonds is 11. The third-order valence-electron chi connectivity index (χ3n) is 10.5. The summed E-state index contributed by atoms with van der Waals surface area (Å²) in [6, 6.07) is 4.26. The van der Waals surface area contributed by atoms with Gasteiger partial charge < -0.3 is 25.7 Å². The molecule has 48 heavy (non-hydrogen) atoms. The average Bonchev–Trinajstić information content (AvgIpc) is 3.63. The van der Waals surface area contributed by atoms with Crippen molar-refractivity contribution in [3.8, 4) is 0 Å². The van der Waals surface area contributed by atoms with Gasteiger partial charge in [0.15, 0.2) is 5.60 Å². The standard InChI is InChI=1S/C36H50ClN5O6/c1-6-11-26(29(43)33(46)38-5)39-32(45)28-19-36(18-27(41-48-36)22-14-10-15-23(37)16-22)20-42(28)34(47)30(35(2,3)4)40-31(44)25-17-24(25)21-12-8-7-9-13-21/h10,14-16,21,24-26,28,30H,6-9,11-13,17-20H2,1-5H3,(H,38,46)(H,39,45)(H,40,44)/t24-,25?,26+,28+,30-,36-/m1/s1. The summed E-state index contributed by atoms with van der Waals surface area (Å²) in [5, 5.41) is 13.1. The summed E-state index contributed by atoms with van der Waals surface area (Å²) < 4.78 is 0. The van der Waals surface area contributed by atoms with E-state index in [2.05, 4.69) is 21.1 Å². The average molecular weight is 684 g/mol. The smallest absolute Gasteiger partial charge is 0.289 e. The van der Waals surface area contributed by atoms with Crippen LogP contribution in [0, 0.1) is 23.2 Å². The molecule has 1 unspecified atom stereocenters. The number of halogens is 1. The fourth-order valence-electron chi connectivity index (χ4n) is 7.72. The van der Waals surface area contributed by atoms with Gasteiger partial charge in [0.05, 0.1) is 18.3 Å². The van der Waals surface area contributed by atoms with Gasteiger partial charge in [0.25, 0.3) is 5.91 Å². The monoisotopic (exact) mass is 683 g/mol. The number of carbonyl (C=O) groups is 5. The van der Waals surface area contributed by atoms with Crippen molar-refractivity contribution >= 4 is 46.7 Å². The summed E-state index contributed by atoms with van der Waals surface area (Å²) in [7, 11) is 1.36. The maximum atomic E-state index is 14.6. The van der Waals surface area contributed by atoms with Gasteiger partial charge in [0, 0.05) is 36.4 Å². The van der Waals surface area contributed by atoms with E-state index >= 15 is 0 Å². The Kier molecular flexibility index (Phi) is 10.9. The van der Waals surface area contributed by atoms with Gasteiger partial charge in [-0.3, -0.25) is 24.0 Å². The first-order valence-electron chi connectivity index (χ1n) is 17.4. The number of nitrogens with zero attached hydrogens (tertiary/aromatic N) is 2. The van der Waals surface area contributed by atoms with Crippen LogP contribution in [0.25, 0.3) is 0 Å². The highest BCUT2D eigenvalue weighted by atomic mass is 35.5. The van der Waals surface area contributed by atoms with Crippen molar-refractivity contribution in [2.45, 2.75) is 116 Å². The minimum Gasteiger partial charge on any atom is -0.387 e. The fourth-order valence-corrected chi connectivity index (χ4v) is 7.91. The molecule has 1 spiro atoms. The van der Waals surface area contributed by atoms with Crippen LogP contribution in [0.1, 0.15) is 97.5 Å². The molecule has 1 aromatic carbocycles. The second-order valence-corrected chi connectivity index (χ2v) is 15.6. The van der Waals surface area contributed by atoms with Crippen molar-refractivity contribution < 1.29 is 28.8 Å². The van der Waals surface area contributed by atoms with Crippen molar-refractivity contribution in [3.05, 3.63) is 34.9 Å². The summed E-state index contributed by atoms with van der Waals surface area (Å²) in [5.41, 5.74) is -0.249. The first-order chi connectivity index (χ1) is 22.8. The van der Waals surface area contributed by atoms with Gasteiger partial charge in [-0.25, -0.2) is 0 Å². The number of carbonyl (C=O) groups excluding carboxylic acids is 5. The van der Waals surface area contributed by atoms with Crippen molar-refractivity contribution in [2.24, 2.45) is 28.3 Å². The predicted octanol–water partition coefficient (Wildman–Crippen LogP) is 4.15. The Morgan fingerprint density at radius 1 is 1.08 bits per heavy atom. The largest absolute Gasteiger partial charge is 0.387 e. The number of ketones is 1. The van der Waals surface area contributed by atoms with E-state index in [1.54, 1.807) is 12.1 Å². The number of benzene rings is 1. The molecule has 3 N–H and O–H groups in total. The molecule has 11 nitrogen and oxygen atoms in total. The second kappa shape index (κ2) is 14.6. The summed E-state index contributed by atoms with van der Waals surface area (Å²) in [5.74, 6) is -1.81. The van der Waals surface area contributed by atoms with Crippen LogP contribution in [-0.4, -0.2) is 77.3 Å². The van der Waals surface area contributed by atoms with Gasteiger partial charge in [-0.2, -0.15) is 0 Å². The van der Waals surface area contributed by atoms with E-state index in [1.807, 2.05) is 39.8 Å².